The third-order valence-electron chi connectivity index (χ3n) is 6.96. The summed E-state index contributed by atoms with van der Waals surface area (Å²) in [7, 11) is -2.18. The molecular formula is C27H40N2O6S. The molecule has 3 atom stereocenters. The van der Waals surface area contributed by atoms with Gasteiger partial charge in [0, 0.05) is 37.0 Å². The van der Waals surface area contributed by atoms with Gasteiger partial charge in [0.2, 0.25) is 15.9 Å². The van der Waals surface area contributed by atoms with Crippen LogP contribution in [0.1, 0.15) is 65.4 Å². The molecule has 1 amide bonds. The Bertz CT molecular complexity index is 1100. The summed E-state index contributed by atoms with van der Waals surface area (Å²) in [6, 6.07) is 3.99. The summed E-state index contributed by atoms with van der Waals surface area (Å²) in [6.45, 7) is 6.86. The van der Waals surface area contributed by atoms with Gasteiger partial charge in [-0.1, -0.05) is 38.0 Å². The van der Waals surface area contributed by atoms with Crippen LogP contribution in [0.15, 0.2) is 23.1 Å². The molecule has 8 nitrogen and oxygen atoms in total. The van der Waals surface area contributed by atoms with Crippen molar-refractivity contribution in [3.8, 4) is 17.6 Å². The highest BCUT2D eigenvalue weighted by atomic mass is 32.2. The van der Waals surface area contributed by atoms with E-state index in [0.717, 1.165) is 25.7 Å². The van der Waals surface area contributed by atoms with Crippen molar-refractivity contribution < 1.29 is 28.2 Å². The number of aliphatic hydroxyl groups is 2. The first kappa shape index (κ1) is 28.5. The molecule has 1 aromatic carbocycles. The predicted molar refractivity (Wildman–Crippen MR) is 138 cm³/mol. The van der Waals surface area contributed by atoms with Crippen molar-refractivity contribution in [2.45, 2.75) is 82.4 Å². The minimum atomic E-state index is -3.96. The highest BCUT2D eigenvalue weighted by Crippen LogP contribution is 2.34. The van der Waals surface area contributed by atoms with Crippen molar-refractivity contribution in [3.05, 3.63) is 23.8 Å². The minimum Gasteiger partial charge on any atom is -0.487 e. The molecule has 1 aliphatic heterocycles. The van der Waals surface area contributed by atoms with Gasteiger partial charge in [-0.05, 0) is 51.8 Å². The van der Waals surface area contributed by atoms with E-state index in [2.05, 4.69) is 11.8 Å². The third-order valence-corrected chi connectivity index (χ3v) is 8.98. The number of carbonyl (C=O) groups is 1. The fourth-order valence-electron chi connectivity index (χ4n) is 4.77. The van der Waals surface area contributed by atoms with E-state index < -0.39 is 27.8 Å². The highest BCUT2D eigenvalue weighted by Gasteiger charge is 2.38. The molecule has 0 radical (unpaired) electrons. The lowest BCUT2D eigenvalue weighted by molar-refractivity contribution is -0.136. The van der Waals surface area contributed by atoms with Gasteiger partial charge in [0.05, 0.1) is 13.2 Å². The Hall–Kier alpha value is -2.12. The van der Waals surface area contributed by atoms with Crippen molar-refractivity contribution in [1.29, 1.82) is 0 Å². The molecule has 0 aromatic heterocycles. The fraction of sp³-hybridized carbons (Fsp3) is 0.667. The summed E-state index contributed by atoms with van der Waals surface area (Å²) in [6.07, 6.45) is 4.62. The maximum absolute atomic E-state index is 13.6. The second kappa shape index (κ2) is 11.5. The summed E-state index contributed by atoms with van der Waals surface area (Å²) in [5.74, 6) is 5.64. The van der Waals surface area contributed by atoms with Crippen LogP contribution >= 0.6 is 0 Å². The molecule has 3 rings (SSSR count). The lowest BCUT2D eigenvalue weighted by atomic mass is 9.88. The topological polar surface area (TPSA) is 107 Å². The number of amides is 1. The standard InChI is InChI=1S/C27H40N2O6S/c1-19-16-29(20(2)18-30)36(33,34)25-12-11-21(13-14-27(3,4)32)15-23(25)35-24(19)17-28(5)26(31)22-9-7-6-8-10-22/h11-12,15,19-20,22,24,30,32H,6-10,16-18H2,1-5H3/t19-,20+,24-/m1/s1. The Labute approximate surface area is 215 Å². The summed E-state index contributed by atoms with van der Waals surface area (Å²) < 4.78 is 34.8. The first-order chi connectivity index (χ1) is 16.8. The molecule has 0 saturated heterocycles. The third kappa shape index (κ3) is 6.80. The van der Waals surface area contributed by atoms with E-state index in [0.29, 0.717) is 12.1 Å². The molecule has 1 aromatic rings. The zero-order valence-electron chi connectivity index (χ0n) is 22.0. The number of aliphatic hydroxyl groups excluding tert-OH is 1. The average Bonchev–Trinajstić information content (AvgIpc) is 2.83. The van der Waals surface area contributed by atoms with Crippen LogP contribution in [-0.4, -0.2) is 78.2 Å². The Morgan fingerprint density at radius 3 is 2.56 bits per heavy atom. The number of likely N-dealkylation sites (N-methyl/N-ethyl adjacent to an activating group) is 1. The van der Waals surface area contributed by atoms with Gasteiger partial charge in [0.15, 0.2) is 0 Å². The number of rotatable bonds is 5. The number of ether oxygens (including phenoxy) is 1. The quantitative estimate of drug-likeness (QED) is 0.578. The van der Waals surface area contributed by atoms with Crippen molar-refractivity contribution in [2.75, 3.05) is 26.7 Å². The summed E-state index contributed by atoms with van der Waals surface area (Å²) in [4.78, 5) is 14.8. The van der Waals surface area contributed by atoms with Crippen molar-refractivity contribution in [2.24, 2.45) is 11.8 Å². The van der Waals surface area contributed by atoms with Crippen molar-refractivity contribution in [3.63, 3.8) is 0 Å². The van der Waals surface area contributed by atoms with Gasteiger partial charge in [-0.2, -0.15) is 4.31 Å². The molecular weight excluding hydrogens is 480 g/mol. The van der Waals surface area contributed by atoms with Crippen LogP contribution in [0.25, 0.3) is 0 Å². The molecule has 2 N–H and O–H groups in total. The smallest absolute Gasteiger partial charge is 0.247 e. The maximum atomic E-state index is 13.6. The number of hydrogen-bond acceptors (Lipinski definition) is 6. The van der Waals surface area contributed by atoms with Gasteiger partial charge < -0.3 is 19.8 Å². The largest absolute Gasteiger partial charge is 0.487 e. The summed E-state index contributed by atoms with van der Waals surface area (Å²) >= 11 is 0. The van der Waals surface area contributed by atoms with Crippen molar-refractivity contribution in [1.82, 2.24) is 9.21 Å². The minimum absolute atomic E-state index is 0.00484. The highest BCUT2D eigenvalue weighted by molar-refractivity contribution is 7.89. The van der Waals surface area contributed by atoms with Crippen LogP contribution in [0.2, 0.25) is 0 Å². The monoisotopic (exact) mass is 520 g/mol. The van der Waals surface area contributed by atoms with Crippen LogP contribution in [0.3, 0.4) is 0 Å². The molecule has 0 unspecified atom stereocenters. The lowest BCUT2D eigenvalue weighted by Gasteiger charge is -2.38. The maximum Gasteiger partial charge on any atom is 0.247 e. The number of carbonyl (C=O) groups excluding carboxylic acids is 1. The van der Waals surface area contributed by atoms with Crippen molar-refractivity contribution >= 4 is 15.9 Å². The van der Waals surface area contributed by atoms with Crippen LogP contribution in [0.4, 0.5) is 0 Å². The SMILES string of the molecule is C[C@@H]1CN([C@@H](C)CO)S(=O)(=O)c2ccc(C#CC(C)(C)O)cc2O[C@@H]1CN(C)C(=O)C1CCCCC1. The Morgan fingerprint density at radius 1 is 1.28 bits per heavy atom. The zero-order chi connectivity index (χ0) is 26.7. The lowest BCUT2D eigenvalue weighted by Crippen LogP contribution is -2.50. The number of fused-ring (bicyclic) bond motifs is 1. The summed E-state index contributed by atoms with van der Waals surface area (Å²) in [5, 5.41) is 19.8. The van der Waals surface area contributed by atoms with E-state index in [4.69, 9.17) is 4.74 Å². The van der Waals surface area contributed by atoms with Crippen LogP contribution in [-0.2, 0) is 14.8 Å². The van der Waals surface area contributed by atoms with E-state index in [1.807, 2.05) is 6.92 Å². The Kier molecular flexibility index (Phi) is 9.10. The average molecular weight is 521 g/mol. The van der Waals surface area contributed by atoms with Crippen LogP contribution < -0.4 is 4.74 Å². The van der Waals surface area contributed by atoms with Gasteiger partial charge in [-0.15, -0.1) is 0 Å². The van der Waals surface area contributed by atoms with Gasteiger partial charge in [0.25, 0.3) is 0 Å². The van der Waals surface area contributed by atoms with Gasteiger partial charge in [0.1, 0.15) is 22.4 Å². The Morgan fingerprint density at radius 2 is 1.94 bits per heavy atom. The molecule has 2 aliphatic rings. The number of hydrogen-bond donors (Lipinski definition) is 2. The fourth-order valence-corrected chi connectivity index (χ4v) is 6.59. The molecule has 0 bridgehead atoms. The van der Waals surface area contributed by atoms with Gasteiger partial charge in [-0.3, -0.25) is 4.79 Å². The van der Waals surface area contributed by atoms with Crippen LogP contribution in [0.5, 0.6) is 5.75 Å². The second-order valence-electron chi connectivity index (χ2n) is 10.8. The molecule has 0 spiro atoms. The van der Waals surface area contributed by atoms with E-state index in [1.165, 1.54) is 16.8 Å². The normalized spacial score (nSPS) is 23.8. The zero-order valence-corrected chi connectivity index (χ0v) is 22.8. The Balaban J connectivity index is 1.99. The molecule has 200 valence electrons. The van der Waals surface area contributed by atoms with Gasteiger partial charge >= 0.3 is 0 Å². The number of nitrogens with zero attached hydrogens (tertiary/aromatic N) is 2. The number of sulfonamides is 1. The molecule has 1 saturated carbocycles. The van der Waals surface area contributed by atoms with Crippen LogP contribution in [0, 0.1) is 23.7 Å². The molecule has 1 fully saturated rings. The molecule has 1 heterocycles. The summed E-state index contributed by atoms with van der Waals surface area (Å²) in [5.41, 5.74) is -0.699. The second-order valence-corrected chi connectivity index (χ2v) is 12.6. The van der Waals surface area contributed by atoms with E-state index in [9.17, 15) is 23.4 Å². The number of benzene rings is 1. The first-order valence-electron chi connectivity index (χ1n) is 12.8. The molecule has 1 aliphatic carbocycles. The van der Waals surface area contributed by atoms with Gasteiger partial charge in [-0.25, -0.2) is 8.42 Å². The van der Waals surface area contributed by atoms with E-state index >= 15 is 0 Å². The molecule has 36 heavy (non-hydrogen) atoms. The van der Waals surface area contributed by atoms with E-state index in [1.54, 1.807) is 44.9 Å². The van der Waals surface area contributed by atoms with E-state index in [-0.39, 0.29) is 41.5 Å². The first-order valence-corrected chi connectivity index (χ1v) is 14.2. The predicted octanol–water partition coefficient (Wildman–Crippen LogP) is 2.62. The molecule has 9 heteroatoms.